The van der Waals surface area contributed by atoms with Crippen molar-refractivity contribution >= 4 is 21.8 Å². The molecule has 0 aromatic heterocycles. The maximum absolute atomic E-state index is 12.9. The summed E-state index contributed by atoms with van der Waals surface area (Å²) < 4.78 is 34.6. The molecule has 0 saturated carbocycles. The molecule has 2 heterocycles. The van der Waals surface area contributed by atoms with Crippen molar-refractivity contribution in [2.75, 3.05) is 13.1 Å². The van der Waals surface area contributed by atoms with Crippen molar-refractivity contribution in [2.45, 2.75) is 36.7 Å². The Morgan fingerprint density at radius 2 is 1.86 bits per heavy atom. The highest BCUT2D eigenvalue weighted by Crippen LogP contribution is 2.35. The average Bonchev–Trinajstić information content (AvgIpc) is 3.27. The van der Waals surface area contributed by atoms with Gasteiger partial charge in [0.2, 0.25) is 0 Å². The normalized spacial score (nSPS) is 24.6. The first-order valence-electron chi connectivity index (χ1n) is 10.0. The number of esters is 1. The predicted molar refractivity (Wildman–Crippen MR) is 108 cm³/mol. The van der Waals surface area contributed by atoms with E-state index in [1.165, 1.54) is 5.56 Å². The molecule has 2 aromatic rings. The lowest BCUT2D eigenvalue weighted by Gasteiger charge is -2.33. The van der Waals surface area contributed by atoms with E-state index in [-0.39, 0.29) is 22.9 Å². The number of hydrogen-bond donors (Lipinski definition) is 0. The van der Waals surface area contributed by atoms with Crippen LogP contribution in [0.2, 0.25) is 0 Å². The van der Waals surface area contributed by atoms with Crippen LogP contribution in [-0.4, -0.2) is 38.2 Å². The molecule has 2 aromatic carbocycles. The Bertz CT molecular complexity index is 1110. The van der Waals surface area contributed by atoms with Crippen molar-refractivity contribution in [1.82, 2.24) is 4.90 Å². The van der Waals surface area contributed by atoms with Crippen molar-refractivity contribution in [2.24, 2.45) is 10.3 Å². The number of rotatable bonds is 2. The van der Waals surface area contributed by atoms with Gasteiger partial charge in [-0.1, -0.05) is 36.4 Å². The topological polar surface area (TPSA) is 76.0 Å². The zero-order valence-electron chi connectivity index (χ0n) is 16.0. The molecule has 0 spiro atoms. The zero-order valence-corrected chi connectivity index (χ0v) is 16.8. The third kappa shape index (κ3) is 3.23. The Hall–Kier alpha value is -2.67. The standard InChI is InChI=1S/C22H22N2O4S/c25-22(28-19-12-11-15-6-1-2-8-17(15)19)16-7-5-13-24(14-16)21-18-9-3-4-10-20(18)29(26,27)23-21/h1-4,6,8-10,16,19H,5,7,11-14H2/t16-,19+/m0/s1. The van der Waals surface area contributed by atoms with E-state index < -0.39 is 10.0 Å². The lowest BCUT2D eigenvalue weighted by atomic mass is 9.97. The number of benzene rings is 2. The van der Waals surface area contributed by atoms with Crippen LogP contribution in [0.25, 0.3) is 0 Å². The van der Waals surface area contributed by atoms with Crippen molar-refractivity contribution < 1.29 is 17.9 Å². The summed E-state index contributed by atoms with van der Waals surface area (Å²) in [4.78, 5) is 15.0. The van der Waals surface area contributed by atoms with Crippen molar-refractivity contribution in [3.8, 4) is 0 Å². The number of aryl methyl sites for hydroxylation is 1. The van der Waals surface area contributed by atoms with E-state index in [4.69, 9.17) is 4.74 Å². The molecular formula is C22H22N2O4S. The average molecular weight is 410 g/mol. The molecular weight excluding hydrogens is 388 g/mol. The number of ether oxygens (including phenoxy) is 1. The first-order chi connectivity index (χ1) is 14.0. The fourth-order valence-electron chi connectivity index (χ4n) is 4.56. The molecule has 3 aliphatic rings. The fourth-order valence-corrected chi connectivity index (χ4v) is 5.78. The van der Waals surface area contributed by atoms with Crippen LogP contribution < -0.4 is 0 Å². The first kappa shape index (κ1) is 18.4. The molecule has 0 amide bonds. The van der Waals surface area contributed by atoms with Crippen molar-refractivity contribution in [3.05, 3.63) is 65.2 Å². The molecule has 2 atom stereocenters. The summed E-state index contributed by atoms with van der Waals surface area (Å²) in [6, 6.07) is 15.0. The molecule has 1 aliphatic carbocycles. The minimum atomic E-state index is -3.66. The van der Waals surface area contributed by atoms with Gasteiger partial charge >= 0.3 is 5.97 Å². The minimum absolute atomic E-state index is 0.181. The van der Waals surface area contributed by atoms with Crippen LogP contribution in [0.3, 0.4) is 0 Å². The van der Waals surface area contributed by atoms with Gasteiger partial charge in [0.15, 0.2) is 5.84 Å². The van der Waals surface area contributed by atoms with E-state index >= 15 is 0 Å². The Kier molecular flexibility index (Phi) is 4.42. The molecule has 2 aliphatic heterocycles. The number of amidine groups is 1. The van der Waals surface area contributed by atoms with Gasteiger partial charge in [-0.3, -0.25) is 4.79 Å². The highest BCUT2D eigenvalue weighted by Gasteiger charge is 2.36. The lowest BCUT2D eigenvalue weighted by molar-refractivity contribution is -0.155. The third-order valence-corrected chi connectivity index (χ3v) is 7.33. The molecule has 6 nitrogen and oxygen atoms in total. The molecule has 0 unspecified atom stereocenters. The summed E-state index contributed by atoms with van der Waals surface area (Å²) >= 11 is 0. The summed E-state index contributed by atoms with van der Waals surface area (Å²) in [7, 11) is -3.66. The van der Waals surface area contributed by atoms with Crippen LogP contribution in [0, 0.1) is 5.92 Å². The third-order valence-electron chi connectivity index (χ3n) is 6.00. The van der Waals surface area contributed by atoms with Crippen LogP contribution in [0.1, 0.15) is 42.1 Å². The smallest absolute Gasteiger partial charge is 0.311 e. The van der Waals surface area contributed by atoms with Crippen LogP contribution in [-0.2, 0) is 26.0 Å². The molecule has 0 radical (unpaired) electrons. The Morgan fingerprint density at radius 3 is 2.76 bits per heavy atom. The van der Waals surface area contributed by atoms with Gasteiger partial charge in [0.1, 0.15) is 11.0 Å². The summed E-state index contributed by atoms with van der Waals surface area (Å²) in [5.41, 5.74) is 2.97. The minimum Gasteiger partial charge on any atom is -0.457 e. The van der Waals surface area contributed by atoms with E-state index in [0.717, 1.165) is 31.2 Å². The van der Waals surface area contributed by atoms with Gasteiger partial charge in [0.05, 0.1) is 5.92 Å². The van der Waals surface area contributed by atoms with Crippen LogP contribution in [0.15, 0.2) is 57.8 Å². The number of hydrogen-bond acceptors (Lipinski definition) is 5. The van der Waals surface area contributed by atoms with Crippen LogP contribution in [0.4, 0.5) is 0 Å². The fraction of sp³-hybridized carbons (Fsp3) is 0.364. The number of piperidine rings is 1. The molecule has 1 saturated heterocycles. The van der Waals surface area contributed by atoms with E-state index in [2.05, 4.69) is 10.5 Å². The highest BCUT2D eigenvalue weighted by molar-refractivity contribution is 7.90. The van der Waals surface area contributed by atoms with Gasteiger partial charge < -0.3 is 9.64 Å². The largest absolute Gasteiger partial charge is 0.457 e. The second-order valence-electron chi connectivity index (χ2n) is 7.83. The summed E-state index contributed by atoms with van der Waals surface area (Å²) in [6.07, 6.45) is 3.10. The SMILES string of the molecule is O=C(O[C@@H]1CCc2ccccc21)[C@H]1CCCN(C2=NS(=O)(=O)c3ccccc32)C1. The highest BCUT2D eigenvalue weighted by atomic mass is 32.2. The molecule has 0 bridgehead atoms. The van der Waals surface area contributed by atoms with Crippen molar-refractivity contribution in [1.29, 1.82) is 0 Å². The van der Waals surface area contributed by atoms with Gasteiger partial charge in [0.25, 0.3) is 10.0 Å². The number of fused-ring (bicyclic) bond motifs is 2. The van der Waals surface area contributed by atoms with E-state index in [0.29, 0.717) is 24.5 Å². The Labute approximate surface area is 170 Å². The van der Waals surface area contributed by atoms with Gasteiger partial charge in [-0.05, 0) is 48.9 Å². The van der Waals surface area contributed by atoms with Crippen LogP contribution in [0.5, 0.6) is 0 Å². The maximum Gasteiger partial charge on any atom is 0.311 e. The number of nitrogens with zero attached hydrogens (tertiary/aromatic N) is 2. The predicted octanol–water partition coefficient (Wildman–Crippen LogP) is 3.08. The Morgan fingerprint density at radius 1 is 1.07 bits per heavy atom. The number of carbonyl (C=O) groups excluding carboxylic acids is 1. The number of sulfonamides is 1. The summed E-state index contributed by atoms with van der Waals surface area (Å²) in [5, 5.41) is 0. The molecule has 150 valence electrons. The molecule has 1 fully saturated rings. The summed E-state index contributed by atoms with van der Waals surface area (Å²) in [6.45, 7) is 1.11. The van der Waals surface area contributed by atoms with E-state index in [9.17, 15) is 13.2 Å². The monoisotopic (exact) mass is 410 g/mol. The lowest BCUT2D eigenvalue weighted by Crippen LogP contribution is -2.43. The van der Waals surface area contributed by atoms with Crippen LogP contribution >= 0.6 is 0 Å². The van der Waals surface area contributed by atoms with E-state index in [1.54, 1.807) is 18.2 Å². The molecule has 5 rings (SSSR count). The molecule has 7 heteroatoms. The quantitative estimate of drug-likeness (QED) is 0.711. The van der Waals surface area contributed by atoms with Crippen molar-refractivity contribution in [3.63, 3.8) is 0 Å². The number of likely N-dealkylation sites (tertiary alicyclic amines) is 1. The van der Waals surface area contributed by atoms with Gasteiger partial charge in [-0.25, -0.2) is 0 Å². The maximum atomic E-state index is 12.9. The van der Waals surface area contributed by atoms with Gasteiger partial charge in [-0.15, -0.1) is 4.40 Å². The van der Waals surface area contributed by atoms with E-state index in [1.807, 2.05) is 29.2 Å². The second-order valence-corrected chi connectivity index (χ2v) is 9.41. The molecule has 0 N–H and O–H groups in total. The second kappa shape index (κ2) is 6.99. The first-order valence-corrected chi connectivity index (χ1v) is 11.4. The number of carbonyl (C=O) groups is 1. The van der Waals surface area contributed by atoms with Gasteiger partial charge in [-0.2, -0.15) is 8.42 Å². The summed E-state index contributed by atoms with van der Waals surface area (Å²) in [5.74, 6) is -0.0369. The molecule has 29 heavy (non-hydrogen) atoms. The zero-order chi connectivity index (χ0) is 20.0. The van der Waals surface area contributed by atoms with Gasteiger partial charge in [0, 0.05) is 18.7 Å². The Balaban J connectivity index is 1.32.